The molecule has 8 nitrogen and oxygen atoms in total. The predicted octanol–water partition coefficient (Wildman–Crippen LogP) is 3.59. The van der Waals surface area contributed by atoms with Crippen molar-refractivity contribution in [3.63, 3.8) is 0 Å². The van der Waals surface area contributed by atoms with E-state index in [0.717, 1.165) is 11.1 Å². The van der Waals surface area contributed by atoms with E-state index >= 15 is 0 Å². The van der Waals surface area contributed by atoms with Crippen LogP contribution in [0.5, 0.6) is 0 Å². The molecule has 0 saturated heterocycles. The molecule has 0 aliphatic carbocycles. The van der Waals surface area contributed by atoms with Gasteiger partial charge in [0.2, 0.25) is 5.91 Å². The molecular weight excluding hydrogens is 493 g/mol. The van der Waals surface area contributed by atoms with E-state index in [1.165, 1.54) is 0 Å². The average molecular weight is 523 g/mol. The number of alkyl halides is 3. The molecule has 0 heterocycles. The molecule has 37 heavy (non-hydrogen) atoms. The van der Waals surface area contributed by atoms with Gasteiger partial charge >= 0.3 is 24.0 Å². The van der Waals surface area contributed by atoms with Crippen molar-refractivity contribution >= 4 is 23.8 Å². The zero-order valence-corrected chi connectivity index (χ0v) is 20.1. The van der Waals surface area contributed by atoms with Crippen LogP contribution in [-0.2, 0) is 41.9 Å². The van der Waals surface area contributed by atoms with E-state index in [-0.39, 0.29) is 32.6 Å². The molecule has 0 aliphatic rings. The third kappa shape index (κ3) is 12.1. The van der Waals surface area contributed by atoms with E-state index in [9.17, 15) is 32.3 Å². The van der Waals surface area contributed by atoms with Gasteiger partial charge in [0.25, 0.3) is 0 Å². The van der Waals surface area contributed by atoms with Crippen LogP contribution in [0.2, 0.25) is 0 Å². The van der Waals surface area contributed by atoms with Crippen LogP contribution in [0.15, 0.2) is 60.7 Å². The maximum atomic E-state index is 12.6. The first kappa shape index (κ1) is 29.3. The van der Waals surface area contributed by atoms with Crippen molar-refractivity contribution in [1.82, 2.24) is 10.6 Å². The largest absolute Gasteiger partial charge is 0.471 e. The molecule has 2 aromatic rings. The van der Waals surface area contributed by atoms with Crippen LogP contribution >= 0.6 is 0 Å². The summed E-state index contributed by atoms with van der Waals surface area (Å²) >= 11 is 0. The van der Waals surface area contributed by atoms with Crippen LogP contribution in [0.4, 0.5) is 13.2 Å². The topological polar surface area (TPSA) is 111 Å². The molecule has 2 amide bonds. The van der Waals surface area contributed by atoms with E-state index in [1.54, 1.807) is 59.9 Å². The van der Waals surface area contributed by atoms with Crippen LogP contribution in [-0.4, -0.2) is 42.5 Å². The van der Waals surface area contributed by atoms with Gasteiger partial charge in [-0.3, -0.25) is 14.4 Å². The highest BCUT2D eigenvalue weighted by Gasteiger charge is 2.38. The Morgan fingerprint density at radius 1 is 0.784 bits per heavy atom. The van der Waals surface area contributed by atoms with Gasteiger partial charge in [-0.2, -0.15) is 13.2 Å². The molecular formula is C26H29F3N2O6. The first-order chi connectivity index (χ1) is 17.6. The number of hydrogen-bond acceptors (Lipinski definition) is 6. The molecule has 11 heteroatoms. The van der Waals surface area contributed by atoms with Gasteiger partial charge in [0, 0.05) is 13.0 Å². The highest BCUT2D eigenvalue weighted by atomic mass is 19.4. The Kier molecular flexibility index (Phi) is 12.1. The van der Waals surface area contributed by atoms with Gasteiger partial charge < -0.3 is 20.1 Å². The summed E-state index contributed by atoms with van der Waals surface area (Å²) in [5.74, 6) is -4.05. The van der Waals surface area contributed by atoms with Crippen LogP contribution < -0.4 is 10.6 Å². The first-order valence-electron chi connectivity index (χ1n) is 11.7. The molecule has 0 saturated carbocycles. The van der Waals surface area contributed by atoms with E-state index in [2.05, 4.69) is 5.32 Å². The molecule has 2 rings (SSSR count). The Morgan fingerprint density at radius 3 is 1.92 bits per heavy atom. The molecule has 0 fully saturated rings. The first-order valence-corrected chi connectivity index (χ1v) is 11.7. The van der Waals surface area contributed by atoms with Gasteiger partial charge in [0.05, 0.1) is 6.42 Å². The second-order valence-corrected chi connectivity index (χ2v) is 8.13. The number of benzene rings is 2. The lowest BCUT2D eigenvalue weighted by Gasteiger charge is -2.17. The minimum atomic E-state index is -4.94. The Balaban J connectivity index is 1.82. The Hall–Kier alpha value is -3.89. The number of hydrogen-bond donors (Lipinski definition) is 2. The van der Waals surface area contributed by atoms with Gasteiger partial charge in [0.1, 0.15) is 19.3 Å². The average Bonchev–Trinajstić information content (AvgIpc) is 2.88. The minimum Gasteiger partial charge on any atom is -0.461 e. The van der Waals surface area contributed by atoms with Crippen molar-refractivity contribution < 1.29 is 41.8 Å². The number of nitrogens with one attached hydrogen (secondary N) is 2. The van der Waals surface area contributed by atoms with E-state index in [0.29, 0.717) is 12.8 Å². The van der Waals surface area contributed by atoms with Crippen molar-refractivity contribution in [2.24, 2.45) is 0 Å². The molecule has 200 valence electrons. The van der Waals surface area contributed by atoms with Crippen LogP contribution in [0.3, 0.4) is 0 Å². The third-order valence-corrected chi connectivity index (χ3v) is 5.08. The van der Waals surface area contributed by atoms with Crippen molar-refractivity contribution in [2.45, 2.75) is 57.5 Å². The number of carbonyl (C=O) groups is 4. The maximum Gasteiger partial charge on any atom is 0.471 e. The Bertz CT molecular complexity index is 1020. The van der Waals surface area contributed by atoms with Crippen LogP contribution in [0.25, 0.3) is 0 Å². The summed E-state index contributed by atoms with van der Waals surface area (Å²) in [4.78, 5) is 48.1. The molecule has 0 aromatic heterocycles. The predicted molar refractivity (Wildman–Crippen MR) is 127 cm³/mol. The fourth-order valence-corrected chi connectivity index (χ4v) is 3.14. The monoisotopic (exact) mass is 522 g/mol. The van der Waals surface area contributed by atoms with E-state index in [1.807, 2.05) is 6.07 Å². The summed E-state index contributed by atoms with van der Waals surface area (Å²) < 4.78 is 47.0. The zero-order chi connectivity index (χ0) is 27.1. The summed E-state index contributed by atoms with van der Waals surface area (Å²) in [5.41, 5.74) is 1.49. The summed E-state index contributed by atoms with van der Waals surface area (Å²) in [6.45, 7) is -0.222. The van der Waals surface area contributed by atoms with Crippen LogP contribution in [0.1, 0.15) is 43.2 Å². The van der Waals surface area contributed by atoms with E-state index in [4.69, 9.17) is 9.47 Å². The number of esters is 2. The quantitative estimate of drug-likeness (QED) is 0.290. The number of carbonyl (C=O) groups excluding carboxylic acids is 4. The lowest BCUT2D eigenvalue weighted by Crippen LogP contribution is -2.43. The van der Waals surface area contributed by atoms with Crippen LogP contribution in [0, 0.1) is 0 Å². The number of amides is 2. The third-order valence-electron chi connectivity index (χ3n) is 5.08. The number of unbranched alkanes of at least 4 members (excludes halogenated alkanes) is 2. The Labute approximate surface area is 212 Å². The second-order valence-electron chi connectivity index (χ2n) is 8.13. The van der Waals surface area contributed by atoms with Gasteiger partial charge in [-0.15, -0.1) is 0 Å². The summed E-state index contributed by atoms with van der Waals surface area (Å²) in [5, 5.41) is 4.23. The second kappa shape index (κ2) is 15.3. The molecule has 1 atom stereocenters. The SMILES string of the molecule is O=C(CCCCCNC(=O)C(F)(F)F)NC(CC(=O)OCc1ccccc1)C(=O)OCc1ccccc1. The smallest absolute Gasteiger partial charge is 0.461 e. The lowest BCUT2D eigenvalue weighted by molar-refractivity contribution is -0.173. The number of halogens is 3. The van der Waals surface area contributed by atoms with E-state index < -0.39 is 42.4 Å². The summed E-state index contributed by atoms with van der Waals surface area (Å²) in [6.07, 6.45) is -4.49. The summed E-state index contributed by atoms with van der Waals surface area (Å²) in [7, 11) is 0. The molecule has 0 aliphatic heterocycles. The fourth-order valence-electron chi connectivity index (χ4n) is 3.14. The highest BCUT2D eigenvalue weighted by Crippen LogP contribution is 2.14. The molecule has 2 N–H and O–H groups in total. The van der Waals surface area contributed by atoms with Gasteiger partial charge in [0.15, 0.2) is 0 Å². The van der Waals surface area contributed by atoms with Gasteiger partial charge in [-0.25, -0.2) is 4.79 Å². The standard InChI is InChI=1S/C26H29F3N2O6/c27-26(28,29)25(35)30-15-9-3-8-14-22(32)31-21(24(34)37-18-20-12-6-2-7-13-20)16-23(33)36-17-19-10-4-1-5-11-19/h1-2,4-7,10-13,21H,3,8-9,14-18H2,(H,30,35)(H,31,32). The van der Waals surface area contributed by atoms with Crippen molar-refractivity contribution in [3.05, 3.63) is 71.8 Å². The number of ether oxygens (including phenoxy) is 2. The molecule has 1 unspecified atom stereocenters. The fraction of sp³-hybridized carbons (Fsp3) is 0.385. The van der Waals surface area contributed by atoms with Gasteiger partial charge in [-0.1, -0.05) is 67.1 Å². The molecule has 0 bridgehead atoms. The van der Waals surface area contributed by atoms with Crippen molar-refractivity contribution in [3.8, 4) is 0 Å². The molecule has 0 spiro atoms. The Morgan fingerprint density at radius 2 is 1.35 bits per heavy atom. The van der Waals surface area contributed by atoms with Gasteiger partial charge in [-0.05, 0) is 24.0 Å². The highest BCUT2D eigenvalue weighted by molar-refractivity contribution is 5.88. The normalized spacial score (nSPS) is 11.8. The molecule has 2 aromatic carbocycles. The number of rotatable bonds is 14. The lowest BCUT2D eigenvalue weighted by atomic mass is 10.1. The summed E-state index contributed by atoms with van der Waals surface area (Å²) in [6, 6.07) is 16.5. The minimum absolute atomic E-state index is 0.00425. The maximum absolute atomic E-state index is 12.6. The molecule has 0 radical (unpaired) electrons. The van der Waals surface area contributed by atoms with Crippen molar-refractivity contribution in [1.29, 1.82) is 0 Å². The zero-order valence-electron chi connectivity index (χ0n) is 20.1. The van der Waals surface area contributed by atoms with Crippen molar-refractivity contribution in [2.75, 3.05) is 6.54 Å².